The molecule has 116 valence electrons. The standard InChI is InChI=1S/C17H23ClO3/c1-17(2,3)16(19)20-11-14-9-13(18)10-15(21-14)12-7-5-4-6-8-12/h4-8,13-15H,9-11H2,1-3H3/t13-,14-,15+/m1/s1. The first-order valence-electron chi connectivity index (χ1n) is 7.38. The Hall–Kier alpha value is -1.06. The summed E-state index contributed by atoms with van der Waals surface area (Å²) < 4.78 is 11.4. The molecule has 0 saturated carbocycles. The Kier molecular flexibility index (Phi) is 5.28. The topological polar surface area (TPSA) is 35.5 Å². The van der Waals surface area contributed by atoms with Gasteiger partial charge >= 0.3 is 5.97 Å². The zero-order valence-electron chi connectivity index (χ0n) is 12.8. The Labute approximate surface area is 131 Å². The Morgan fingerprint density at radius 2 is 1.95 bits per heavy atom. The SMILES string of the molecule is CC(C)(C)C(=O)OC[C@H]1C[C@@H](Cl)C[C@@H](c2ccccc2)O1. The van der Waals surface area contributed by atoms with Crippen molar-refractivity contribution in [2.45, 2.75) is 51.2 Å². The van der Waals surface area contributed by atoms with Crippen LogP contribution in [0.1, 0.15) is 45.3 Å². The molecule has 1 aromatic rings. The summed E-state index contributed by atoms with van der Waals surface area (Å²) in [6, 6.07) is 10.0. The van der Waals surface area contributed by atoms with E-state index in [1.54, 1.807) is 0 Å². The Bertz CT molecular complexity index is 467. The van der Waals surface area contributed by atoms with Crippen LogP contribution in [0.3, 0.4) is 0 Å². The van der Waals surface area contributed by atoms with Gasteiger partial charge in [-0.1, -0.05) is 30.3 Å². The third-order valence-electron chi connectivity index (χ3n) is 3.53. The van der Waals surface area contributed by atoms with Gasteiger partial charge in [0.25, 0.3) is 0 Å². The second-order valence-corrected chi connectivity index (χ2v) is 7.19. The molecule has 1 aliphatic heterocycles. The van der Waals surface area contributed by atoms with Gasteiger partial charge < -0.3 is 9.47 Å². The summed E-state index contributed by atoms with van der Waals surface area (Å²) in [6.07, 6.45) is 1.33. The molecule has 2 rings (SSSR count). The lowest BCUT2D eigenvalue weighted by molar-refractivity contribution is -0.161. The van der Waals surface area contributed by atoms with Crippen LogP contribution in [0.25, 0.3) is 0 Å². The summed E-state index contributed by atoms with van der Waals surface area (Å²) >= 11 is 6.34. The van der Waals surface area contributed by atoms with Crippen LogP contribution in [0.2, 0.25) is 0 Å². The van der Waals surface area contributed by atoms with E-state index in [2.05, 4.69) is 0 Å². The molecule has 0 radical (unpaired) electrons. The summed E-state index contributed by atoms with van der Waals surface area (Å²) in [5.41, 5.74) is 0.628. The van der Waals surface area contributed by atoms with Crippen LogP contribution >= 0.6 is 11.6 Å². The molecule has 3 atom stereocenters. The third-order valence-corrected chi connectivity index (χ3v) is 3.89. The van der Waals surface area contributed by atoms with Crippen molar-refractivity contribution in [3.63, 3.8) is 0 Å². The van der Waals surface area contributed by atoms with E-state index in [1.807, 2.05) is 51.1 Å². The van der Waals surface area contributed by atoms with Crippen LogP contribution in [-0.4, -0.2) is 24.1 Å². The fourth-order valence-corrected chi connectivity index (χ4v) is 2.69. The number of esters is 1. The molecule has 1 aliphatic rings. The van der Waals surface area contributed by atoms with E-state index in [-0.39, 0.29) is 30.2 Å². The molecule has 0 spiro atoms. The minimum atomic E-state index is -0.492. The van der Waals surface area contributed by atoms with Gasteiger partial charge in [0.15, 0.2) is 0 Å². The van der Waals surface area contributed by atoms with Crippen LogP contribution in [0, 0.1) is 5.41 Å². The summed E-state index contributed by atoms with van der Waals surface area (Å²) in [6.45, 7) is 5.79. The van der Waals surface area contributed by atoms with Crippen LogP contribution in [0.15, 0.2) is 30.3 Å². The van der Waals surface area contributed by atoms with Gasteiger partial charge in [0.05, 0.1) is 17.6 Å². The van der Waals surface area contributed by atoms with E-state index in [9.17, 15) is 4.79 Å². The molecule has 21 heavy (non-hydrogen) atoms. The molecule has 0 amide bonds. The van der Waals surface area contributed by atoms with Gasteiger partial charge in [0.1, 0.15) is 6.61 Å². The number of hydrogen-bond acceptors (Lipinski definition) is 3. The molecular weight excluding hydrogens is 288 g/mol. The monoisotopic (exact) mass is 310 g/mol. The van der Waals surface area contributed by atoms with Gasteiger partial charge in [-0.15, -0.1) is 11.6 Å². The van der Waals surface area contributed by atoms with Crippen LogP contribution in [-0.2, 0) is 14.3 Å². The molecule has 4 heteroatoms. The maximum atomic E-state index is 11.8. The van der Waals surface area contributed by atoms with Crippen LogP contribution in [0.5, 0.6) is 0 Å². The lowest BCUT2D eigenvalue weighted by atomic mass is 9.97. The highest BCUT2D eigenvalue weighted by Crippen LogP contribution is 2.34. The van der Waals surface area contributed by atoms with E-state index < -0.39 is 5.41 Å². The molecule has 0 aliphatic carbocycles. The van der Waals surface area contributed by atoms with Gasteiger partial charge in [-0.05, 0) is 39.2 Å². The zero-order chi connectivity index (χ0) is 15.5. The molecule has 1 fully saturated rings. The average molecular weight is 311 g/mol. The van der Waals surface area contributed by atoms with E-state index in [0.29, 0.717) is 6.42 Å². The van der Waals surface area contributed by atoms with Gasteiger partial charge in [-0.25, -0.2) is 0 Å². The number of hydrogen-bond donors (Lipinski definition) is 0. The van der Waals surface area contributed by atoms with E-state index in [4.69, 9.17) is 21.1 Å². The lowest BCUT2D eigenvalue weighted by Gasteiger charge is -2.33. The number of carbonyl (C=O) groups is 1. The van der Waals surface area contributed by atoms with Gasteiger partial charge in [-0.2, -0.15) is 0 Å². The average Bonchev–Trinajstić information content (AvgIpc) is 2.44. The van der Waals surface area contributed by atoms with Gasteiger partial charge in [-0.3, -0.25) is 4.79 Å². The smallest absolute Gasteiger partial charge is 0.311 e. The molecule has 0 bridgehead atoms. The second kappa shape index (κ2) is 6.80. The lowest BCUT2D eigenvalue weighted by Crippen LogP contribution is -2.34. The Morgan fingerprint density at radius 3 is 2.57 bits per heavy atom. The van der Waals surface area contributed by atoms with Crippen LogP contribution in [0.4, 0.5) is 0 Å². The molecule has 0 N–H and O–H groups in total. The number of halogens is 1. The van der Waals surface area contributed by atoms with E-state index in [0.717, 1.165) is 12.0 Å². The molecule has 3 nitrogen and oxygen atoms in total. The van der Waals surface area contributed by atoms with E-state index >= 15 is 0 Å². The highest BCUT2D eigenvalue weighted by atomic mass is 35.5. The first kappa shape index (κ1) is 16.3. The van der Waals surface area contributed by atoms with Crippen LogP contribution < -0.4 is 0 Å². The van der Waals surface area contributed by atoms with Crippen molar-refractivity contribution >= 4 is 17.6 Å². The molecular formula is C17H23ClO3. The Balaban J connectivity index is 1.94. The largest absolute Gasteiger partial charge is 0.463 e. The molecule has 0 aromatic heterocycles. The fraction of sp³-hybridized carbons (Fsp3) is 0.588. The summed E-state index contributed by atoms with van der Waals surface area (Å²) in [5.74, 6) is -0.209. The summed E-state index contributed by atoms with van der Waals surface area (Å²) in [5, 5.41) is 0.0438. The normalized spacial score (nSPS) is 26.4. The van der Waals surface area contributed by atoms with Crippen molar-refractivity contribution < 1.29 is 14.3 Å². The number of alkyl halides is 1. The van der Waals surface area contributed by atoms with Crippen molar-refractivity contribution in [2.75, 3.05) is 6.61 Å². The minimum absolute atomic E-state index is 0.0270. The van der Waals surface area contributed by atoms with E-state index in [1.165, 1.54) is 0 Å². The predicted octanol–water partition coefficient (Wildman–Crippen LogP) is 4.10. The van der Waals surface area contributed by atoms with Crippen molar-refractivity contribution in [2.24, 2.45) is 5.41 Å². The first-order chi connectivity index (χ1) is 9.86. The third kappa shape index (κ3) is 4.72. The minimum Gasteiger partial charge on any atom is -0.463 e. The molecule has 1 heterocycles. The highest BCUT2D eigenvalue weighted by molar-refractivity contribution is 6.20. The van der Waals surface area contributed by atoms with Crippen molar-refractivity contribution in [1.29, 1.82) is 0 Å². The highest BCUT2D eigenvalue weighted by Gasteiger charge is 2.31. The second-order valence-electron chi connectivity index (χ2n) is 6.57. The number of carbonyl (C=O) groups excluding carboxylic acids is 1. The van der Waals surface area contributed by atoms with Crippen molar-refractivity contribution in [1.82, 2.24) is 0 Å². The fourth-order valence-electron chi connectivity index (χ4n) is 2.33. The Morgan fingerprint density at radius 1 is 1.29 bits per heavy atom. The number of rotatable bonds is 3. The quantitative estimate of drug-likeness (QED) is 0.623. The summed E-state index contributed by atoms with van der Waals surface area (Å²) in [7, 11) is 0. The first-order valence-corrected chi connectivity index (χ1v) is 7.81. The molecule has 1 aromatic carbocycles. The number of benzene rings is 1. The molecule has 1 saturated heterocycles. The zero-order valence-corrected chi connectivity index (χ0v) is 13.6. The van der Waals surface area contributed by atoms with Gasteiger partial charge in [0.2, 0.25) is 0 Å². The van der Waals surface area contributed by atoms with Crippen molar-refractivity contribution in [3.8, 4) is 0 Å². The number of ether oxygens (including phenoxy) is 2. The van der Waals surface area contributed by atoms with Crippen molar-refractivity contribution in [3.05, 3.63) is 35.9 Å². The summed E-state index contributed by atoms with van der Waals surface area (Å²) in [4.78, 5) is 11.8. The predicted molar refractivity (Wildman–Crippen MR) is 83.3 cm³/mol. The molecule has 0 unspecified atom stereocenters. The maximum absolute atomic E-state index is 11.8. The van der Waals surface area contributed by atoms with Gasteiger partial charge in [0, 0.05) is 5.38 Å². The maximum Gasteiger partial charge on any atom is 0.311 e.